The van der Waals surface area contributed by atoms with Crippen LogP contribution in [0.1, 0.15) is 113 Å². The lowest BCUT2D eigenvalue weighted by Gasteiger charge is -2.56. The van der Waals surface area contributed by atoms with Crippen molar-refractivity contribution in [3.63, 3.8) is 0 Å². The quantitative estimate of drug-likeness (QED) is 0.306. The molecule has 0 unspecified atom stereocenters. The van der Waals surface area contributed by atoms with E-state index in [1.54, 1.807) is 11.1 Å². The lowest BCUT2D eigenvalue weighted by Crippen LogP contribution is -2.52. The lowest BCUT2D eigenvalue weighted by molar-refractivity contribution is -0.154. The van der Waals surface area contributed by atoms with E-state index in [1.165, 1.54) is 32.6 Å². The summed E-state index contributed by atoms with van der Waals surface area (Å²) in [6.45, 7) is 15.9. The molecule has 0 aromatic rings. The summed E-state index contributed by atoms with van der Waals surface area (Å²) >= 11 is 0. The van der Waals surface area contributed by atoms with Crippen molar-refractivity contribution >= 4 is 11.8 Å². The Morgan fingerprint density at radius 2 is 1.79 bits per heavy atom. The molecule has 0 aromatic carbocycles. The SMILES string of the molecule is CC(=O)O[C@@H]1CC[C@@]2(C)[C@@H](CCC3=C4CC[C@H]([C@H](C)CC[C@H](C)C(C)C)[C@]4(C)CC(=O)[C@H]32)C1. The number of carbonyl (C=O) groups excluding carboxylic acids is 2. The van der Waals surface area contributed by atoms with Gasteiger partial charge in [-0.15, -0.1) is 0 Å². The highest BCUT2D eigenvalue weighted by molar-refractivity contribution is 5.88. The summed E-state index contributed by atoms with van der Waals surface area (Å²) in [5.41, 5.74) is 3.36. The Morgan fingerprint density at radius 3 is 2.45 bits per heavy atom. The molecule has 0 spiro atoms. The van der Waals surface area contributed by atoms with Crippen molar-refractivity contribution < 1.29 is 14.3 Å². The molecule has 3 heteroatoms. The Hall–Kier alpha value is -1.12. The minimum atomic E-state index is -0.166. The van der Waals surface area contributed by atoms with E-state index in [2.05, 4.69) is 41.5 Å². The normalized spacial score (nSPS) is 40.2. The molecular weight excluding hydrogens is 408 g/mol. The maximum absolute atomic E-state index is 13.9. The second-order valence-corrected chi connectivity index (χ2v) is 13.2. The maximum Gasteiger partial charge on any atom is 0.302 e. The Balaban J connectivity index is 1.55. The Morgan fingerprint density at radius 1 is 1.06 bits per heavy atom. The largest absolute Gasteiger partial charge is 0.463 e. The molecule has 0 aromatic heterocycles. The molecule has 4 aliphatic carbocycles. The first kappa shape index (κ1) is 25.0. The second kappa shape index (κ2) is 9.15. The van der Waals surface area contributed by atoms with Crippen molar-refractivity contribution in [3.8, 4) is 0 Å². The van der Waals surface area contributed by atoms with Gasteiger partial charge in [-0.2, -0.15) is 0 Å². The first-order valence-electron chi connectivity index (χ1n) is 13.9. The van der Waals surface area contributed by atoms with Gasteiger partial charge in [0.15, 0.2) is 0 Å². The fourth-order valence-corrected chi connectivity index (χ4v) is 8.64. The van der Waals surface area contributed by atoms with Crippen LogP contribution in [0.2, 0.25) is 0 Å². The maximum atomic E-state index is 13.9. The van der Waals surface area contributed by atoms with Crippen LogP contribution in [0.15, 0.2) is 11.1 Å². The molecule has 4 rings (SSSR count). The number of hydrogen-bond donors (Lipinski definition) is 0. The van der Waals surface area contributed by atoms with Crippen LogP contribution in [0.5, 0.6) is 0 Å². The van der Waals surface area contributed by atoms with Gasteiger partial charge in [-0.25, -0.2) is 0 Å². The summed E-state index contributed by atoms with van der Waals surface area (Å²) in [5, 5.41) is 0. The third-order valence-corrected chi connectivity index (χ3v) is 11.0. The van der Waals surface area contributed by atoms with Gasteiger partial charge in [0, 0.05) is 19.3 Å². The molecular formula is C30H48O3. The summed E-state index contributed by atoms with van der Waals surface area (Å²) in [6, 6.07) is 0. The number of carbonyl (C=O) groups is 2. The van der Waals surface area contributed by atoms with Gasteiger partial charge in [0.25, 0.3) is 0 Å². The molecule has 0 N–H and O–H groups in total. The average Bonchev–Trinajstić information content (AvgIpc) is 3.07. The van der Waals surface area contributed by atoms with E-state index >= 15 is 0 Å². The first-order chi connectivity index (χ1) is 15.5. The third-order valence-electron chi connectivity index (χ3n) is 11.0. The molecule has 186 valence electrons. The molecule has 0 amide bonds. The number of ether oxygens (including phenoxy) is 1. The van der Waals surface area contributed by atoms with Crippen LogP contribution in [-0.4, -0.2) is 17.9 Å². The third kappa shape index (κ3) is 4.36. The Kier molecular flexibility index (Phi) is 6.93. The summed E-state index contributed by atoms with van der Waals surface area (Å²) in [4.78, 5) is 25.4. The monoisotopic (exact) mass is 456 g/mol. The highest BCUT2D eigenvalue weighted by Gasteiger charge is 2.59. The second-order valence-electron chi connectivity index (χ2n) is 13.2. The zero-order valence-electron chi connectivity index (χ0n) is 22.3. The topological polar surface area (TPSA) is 43.4 Å². The van der Waals surface area contributed by atoms with Crippen molar-refractivity contribution in [2.24, 2.45) is 46.3 Å². The zero-order valence-corrected chi connectivity index (χ0v) is 22.3. The molecule has 4 aliphatic rings. The number of allylic oxidation sites excluding steroid dienone is 2. The first-order valence-corrected chi connectivity index (χ1v) is 13.9. The summed E-state index contributed by atoms with van der Waals surface area (Å²) < 4.78 is 5.59. The van der Waals surface area contributed by atoms with E-state index in [0.29, 0.717) is 23.5 Å². The van der Waals surface area contributed by atoms with Crippen molar-refractivity contribution in [1.29, 1.82) is 0 Å². The molecule has 3 fully saturated rings. The van der Waals surface area contributed by atoms with Gasteiger partial charge in [0.2, 0.25) is 0 Å². The van der Waals surface area contributed by atoms with Gasteiger partial charge in [-0.05, 0) is 85.4 Å². The number of ketones is 1. The number of Topliss-reactive ketones (excluding diaryl/α,β-unsaturated/α-hetero) is 1. The smallest absolute Gasteiger partial charge is 0.302 e. The van der Waals surface area contributed by atoms with Gasteiger partial charge >= 0.3 is 5.97 Å². The Bertz CT molecular complexity index is 809. The highest BCUT2D eigenvalue weighted by atomic mass is 16.5. The molecule has 3 nitrogen and oxygen atoms in total. The van der Waals surface area contributed by atoms with Crippen LogP contribution < -0.4 is 0 Å². The van der Waals surface area contributed by atoms with Crippen LogP contribution in [0.25, 0.3) is 0 Å². The summed E-state index contributed by atoms with van der Waals surface area (Å²) in [5.74, 6) is 3.82. The Labute approximate surface area is 202 Å². The van der Waals surface area contributed by atoms with E-state index in [1.807, 2.05) is 0 Å². The fraction of sp³-hybridized carbons (Fsp3) is 0.867. The van der Waals surface area contributed by atoms with E-state index in [9.17, 15) is 9.59 Å². The fourth-order valence-electron chi connectivity index (χ4n) is 8.64. The van der Waals surface area contributed by atoms with Crippen LogP contribution >= 0.6 is 0 Å². The number of rotatable bonds is 6. The highest BCUT2D eigenvalue weighted by Crippen LogP contribution is 2.65. The van der Waals surface area contributed by atoms with Gasteiger partial charge < -0.3 is 4.74 Å². The van der Waals surface area contributed by atoms with E-state index < -0.39 is 0 Å². The van der Waals surface area contributed by atoms with E-state index in [-0.39, 0.29) is 28.8 Å². The van der Waals surface area contributed by atoms with Crippen molar-refractivity contribution in [3.05, 3.63) is 11.1 Å². The number of hydrogen-bond acceptors (Lipinski definition) is 3. The van der Waals surface area contributed by atoms with Crippen LogP contribution in [0, 0.1) is 46.3 Å². The average molecular weight is 457 g/mol. The molecule has 8 atom stereocenters. The van der Waals surface area contributed by atoms with Crippen molar-refractivity contribution in [2.45, 2.75) is 119 Å². The van der Waals surface area contributed by atoms with Crippen LogP contribution in [-0.2, 0) is 14.3 Å². The molecule has 0 radical (unpaired) electrons. The molecule has 0 heterocycles. The lowest BCUT2D eigenvalue weighted by atomic mass is 9.48. The zero-order chi connectivity index (χ0) is 24.1. The molecule has 33 heavy (non-hydrogen) atoms. The van der Waals surface area contributed by atoms with Gasteiger partial charge in [0.1, 0.15) is 11.9 Å². The number of fused-ring (bicyclic) bond motifs is 4. The van der Waals surface area contributed by atoms with Gasteiger partial charge in [0.05, 0.1) is 0 Å². The van der Waals surface area contributed by atoms with Crippen LogP contribution in [0.3, 0.4) is 0 Å². The van der Waals surface area contributed by atoms with Gasteiger partial charge in [-0.1, -0.05) is 65.5 Å². The molecule has 0 aliphatic heterocycles. The summed E-state index contributed by atoms with van der Waals surface area (Å²) in [7, 11) is 0. The standard InChI is InChI=1S/C30H48O3/c1-18(2)19(3)8-9-20(4)25-12-13-26-24-11-10-22-16-23(33-21(5)31)14-15-29(22,6)28(24)27(32)17-30(25,26)7/h18-20,22-23,25,28H,8-17H2,1-7H3/t19-,20+,22-,23+,25+,28-,29-,30-/m0/s1. The van der Waals surface area contributed by atoms with Crippen molar-refractivity contribution in [2.75, 3.05) is 0 Å². The van der Waals surface area contributed by atoms with Crippen LogP contribution in [0.4, 0.5) is 0 Å². The predicted octanol–water partition coefficient (Wildman–Crippen LogP) is 7.53. The minimum absolute atomic E-state index is 0.0451. The van der Waals surface area contributed by atoms with Crippen molar-refractivity contribution in [1.82, 2.24) is 0 Å². The van der Waals surface area contributed by atoms with E-state index in [0.717, 1.165) is 50.4 Å². The minimum Gasteiger partial charge on any atom is -0.463 e. The van der Waals surface area contributed by atoms with E-state index in [4.69, 9.17) is 4.74 Å². The summed E-state index contributed by atoms with van der Waals surface area (Å²) in [6.07, 6.45) is 10.9. The number of esters is 1. The van der Waals surface area contributed by atoms with Gasteiger partial charge in [-0.3, -0.25) is 9.59 Å². The predicted molar refractivity (Wildman–Crippen MR) is 134 cm³/mol. The molecule has 0 bridgehead atoms. The molecule has 0 saturated heterocycles. The molecule has 3 saturated carbocycles.